The van der Waals surface area contributed by atoms with E-state index >= 15 is 0 Å². The third-order valence-corrected chi connectivity index (χ3v) is 1.48. The van der Waals surface area contributed by atoms with Crippen LogP contribution in [0, 0.1) is 0 Å². The van der Waals surface area contributed by atoms with Crippen LogP contribution in [0.15, 0.2) is 18.2 Å². The second-order valence-electron chi connectivity index (χ2n) is 2.29. The largest absolute Gasteiger partial charge is 0.508 e. The standard InChI is InChI=1S/C6H9BN2O3/c8-9-4-1-2-5(7(11)12)6(10)3-4/h1-3,9-12H,8H2. The van der Waals surface area contributed by atoms with Gasteiger partial charge in [-0.3, -0.25) is 5.84 Å². The molecule has 0 unspecified atom stereocenters. The molecule has 1 rings (SSSR count). The summed E-state index contributed by atoms with van der Waals surface area (Å²) in [5.41, 5.74) is 2.86. The highest BCUT2D eigenvalue weighted by Gasteiger charge is 2.15. The summed E-state index contributed by atoms with van der Waals surface area (Å²) in [4.78, 5) is 0. The number of nitrogen functional groups attached to an aromatic ring is 1. The van der Waals surface area contributed by atoms with E-state index in [9.17, 15) is 5.11 Å². The van der Waals surface area contributed by atoms with Crippen molar-refractivity contribution in [1.29, 1.82) is 0 Å². The molecule has 1 aromatic rings. The van der Waals surface area contributed by atoms with Gasteiger partial charge in [0.15, 0.2) is 0 Å². The van der Waals surface area contributed by atoms with Gasteiger partial charge in [0.1, 0.15) is 5.75 Å². The van der Waals surface area contributed by atoms with Gasteiger partial charge in [0, 0.05) is 11.5 Å². The van der Waals surface area contributed by atoms with E-state index in [0.29, 0.717) is 5.69 Å². The Kier molecular flexibility index (Phi) is 2.54. The van der Waals surface area contributed by atoms with Crippen molar-refractivity contribution in [2.45, 2.75) is 0 Å². The highest BCUT2D eigenvalue weighted by atomic mass is 16.4. The van der Waals surface area contributed by atoms with Crippen LogP contribution in [-0.2, 0) is 0 Å². The van der Waals surface area contributed by atoms with E-state index in [0.717, 1.165) is 0 Å². The maximum absolute atomic E-state index is 9.18. The molecule has 6 heteroatoms. The van der Waals surface area contributed by atoms with Crippen LogP contribution in [0.3, 0.4) is 0 Å². The first-order valence-electron chi connectivity index (χ1n) is 3.31. The van der Waals surface area contributed by atoms with Crippen LogP contribution in [0.4, 0.5) is 5.69 Å². The summed E-state index contributed by atoms with van der Waals surface area (Å²) in [6.07, 6.45) is 0. The topological polar surface area (TPSA) is 98.7 Å². The Hall–Kier alpha value is -1.24. The number of hydrazine groups is 1. The monoisotopic (exact) mass is 168 g/mol. The summed E-state index contributed by atoms with van der Waals surface area (Å²) in [6, 6.07) is 4.19. The van der Waals surface area contributed by atoms with Crippen molar-refractivity contribution in [3.05, 3.63) is 18.2 Å². The maximum Gasteiger partial charge on any atom is 0.492 e. The molecule has 5 nitrogen and oxygen atoms in total. The third-order valence-electron chi connectivity index (χ3n) is 1.48. The van der Waals surface area contributed by atoms with Crippen LogP contribution >= 0.6 is 0 Å². The molecular formula is C6H9BN2O3. The summed E-state index contributed by atoms with van der Waals surface area (Å²) in [7, 11) is -1.67. The fraction of sp³-hybridized carbons (Fsp3) is 0. The van der Waals surface area contributed by atoms with Crippen LogP contribution in [0.25, 0.3) is 0 Å². The molecule has 0 aliphatic heterocycles. The van der Waals surface area contributed by atoms with Crippen LogP contribution < -0.4 is 16.7 Å². The van der Waals surface area contributed by atoms with Gasteiger partial charge in [-0.25, -0.2) is 0 Å². The van der Waals surface area contributed by atoms with Gasteiger partial charge >= 0.3 is 7.12 Å². The van der Waals surface area contributed by atoms with Crippen molar-refractivity contribution in [2.75, 3.05) is 5.43 Å². The number of anilines is 1. The number of phenols is 1. The minimum absolute atomic E-state index is 0.0500. The Balaban J connectivity index is 3.03. The minimum atomic E-state index is -1.67. The van der Waals surface area contributed by atoms with Gasteiger partial charge in [0.2, 0.25) is 0 Å². The summed E-state index contributed by atoms with van der Waals surface area (Å²) in [5, 5.41) is 26.6. The Morgan fingerprint density at radius 3 is 2.42 bits per heavy atom. The zero-order valence-electron chi connectivity index (χ0n) is 6.23. The molecule has 0 fully saturated rings. The molecule has 0 aromatic heterocycles. The first-order valence-corrected chi connectivity index (χ1v) is 3.31. The first kappa shape index (κ1) is 8.86. The minimum Gasteiger partial charge on any atom is -0.508 e. The molecular weight excluding hydrogens is 159 g/mol. The first-order chi connectivity index (χ1) is 5.65. The molecule has 0 radical (unpaired) electrons. The highest BCUT2D eigenvalue weighted by Crippen LogP contribution is 2.12. The molecule has 0 heterocycles. The Labute approximate surface area is 69.6 Å². The van der Waals surface area contributed by atoms with Gasteiger partial charge in [-0.15, -0.1) is 0 Å². The van der Waals surface area contributed by atoms with E-state index in [4.69, 9.17) is 15.9 Å². The molecule has 0 spiro atoms. The Bertz CT molecular complexity index is 279. The zero-order chi connectivity index (χ0) is 9.14. The number of benzene rings is 1. The average molecular weight is 168 g/mol. The summed E-state index contributed by atoms with van der Waals surface area (Å²) >= 11 is 0. The van der Waals surface area contributed by atoms with Crippen molar-refractivity contribution in [1.82, 2.24) is 0 Å². The molecule has 0 bridgehead atoms. The van der Waals surface area contributed by atoms with E-state index < -0.39 is 7.12 Å². The van der Waals surface area contributed by atoms with E-state index in [-0.39, 0.29) is 11.2 Å². The van der Waals surface area contributed by atoms with Gasteiger partial charge < -0.3 is 20.6 Å². The van der Waals surface area contributed by atoms with Crippen molar-refractivity contribution in [3.63, 3.8) is 0 Å². The van der Waals surface area contributed by atoms with Crippen molar-refractivity contribution >= 4 is 18.3 Å². The molecule has 0 saturated carbocycles. The van der Waals surface area contributed by atoms with Crippen molar-refractivity contribution in [2.24, 2.45) is 5.84 Å². The molecule has 0 amide bonds. The molecule has 0 aliphatic rings. The SMILES string of the molecule is NNc1ccc(B(O)O)c(O)c1. The van der Waals surface area contributed by atoms with Crippen LogP contribution in [0.5, 0.6) is 5.75 Å². The van der Waals surface area contributed by atoms with Crippen molar-refractivity contribution in [3.8, 4) is 5.75 Å². The van der Waals surface area contributed by atoms with E-state index in [1.807, 2.05) is 0 Å². The number of nitrogens with one attached hydrogen (secondary N) is 1. The van der Waals surface area contributed by atoms with Crippen LogP contribution in [0.2, 0.25) is 0 Å². The zero-order valence-corrected chi connectivity index (χ0v) is 6.23. The predicted octanol–water partition coefficient (Wildman–Crippen LogP) is -1.64. The lowest BCUT2D eigenvalue weighted by Crippen LogP contribution is -2.30. The summed E-state index contributed by atoms with van der Waals surface area (Å²) in [6.45, 7) is 0. The number of aromatic hydroxyl groups is 1. The maximum atomic E-state index is 9.18. The number of phenolic OH excluding ortho intramolecular Hbond substituents is 1. The van der Waals surface area contributed by atoms with E-state index in [1.54, 1.807) is 0 Å². The average Bonchev–Trinajstić information content (AvgIpc) is 2.03. The lowest BCUT2D eigenvalue weighted by Gasteiger charge is -2.05. The lowest BCUT2D eigenvalue weighted by molar-refractivity contribution is 0.419. The molecule has 0 atom stereocenters. The van der Waals surface area contributed by atoms with E-state index in [1.165, 1.54) is 18.2 Å². The van der Waals surface area contributed by atoms with Gasteiger partial charge in [-0.05, 0) is 6.07 Å². The predicted molar refractivity (Wildman–Crippen MR) is 45.7 cm³/mol. The van der Waals surface area contributed by atoms with E-state index in [2.05, 4.69) is 5.43 Å². The van der Waals surface area contributed by atoms with Gasteiger partial charge in [-0.2, -0.15) is 0 Å². The number of hydrogen-bond donors (Lipinski definition) is 5. The summed E-state index contributed by atoms with van der Waals surface area (Å²) < 4.78 is 0. The second kappa shape index (κ2) is 3.44. The molecule has 0 aliphatic carbocycles. The van der Waals surface area contributed by atoms with Gasteiger partial charge in [-0.1, -0.05) is 6.07 Å². The van der Waals surface area contributed by atoms with Crippen LogP contribution in [-0.4, -0.2) is 22.3 Å². The number of hydrogen-bond acceptors (Lipinski definition) is 5. The molecule has 1 aromatic carbocycles. The Morgan fingerprint density at radius 1 is 1.33 bits per heavy atom. The summed E-state index contributed by atoms with van der Waals surface area (Å²) in [5.74, 6) is 4.85. The van der Waals surface area contributed by atoms with Gasteiger partial charge in [0.05, 0.1) is 5.69 Å². The second-order valence-corrected chi connectivity index (χ2v) is 2.29. The van der Waals surface area contributed by atoms with Crippen LogP contribution in [0.1, 0.15) is 0 Å². The molecule has 0 saturated heterocycles. The van der Waals surface area contributed by atoms with Crippen molar-refractivity contribution < 1.29 is 15.2 Å². The fourth-order valence-electron chi connectivity index (χ4n) is 0.852. The third kappa shape index (κ3) is 1.67. The highest BCUT2D eigenvalue weighted by molar-refractivity contribution is 6.59. The normalized spacial score (nSPS) is 9.58. The quantitative estimate of drug-likeness (QED) is 0.207. The smallest absolute Gasteiger partial charge is 0.492 e. The van der Waals surface area contributed by atoms with Gasteiger partial charge in [0.25, 0.3) is 0 Å². The molecule has 6 N–H and O–H groups in total. The molecule has 64 valence electrons. The number of rotatable bonds is 2. The lowest BCUT2D eigenvalue weighted by atomic mass is 9.79. The fourth-order valence-corrected chi connectivity index (χ4v) is 0.852. The number of nitrogens with two attached hydrogens (primary N) is 1. The molecule has 12 heavy (non-hydrogen) atoms. The Morgan fingerprint density at radius 2 is 2.00 bits per heavy atom.